The van der Waals surface area contributed by atoms with E-state index in [1.165, 1.54) is 16.8 Å². The number of hydrogen-bond donors (Lipinski definition) is 1. The molecule has 3 nitrogen and oxygen atoms in total. The third kappa shape index (κ3) is 2.50. The molecule has 1 aromatic carbocycles. The number of fused-ring (bicyclic) bond motifs is 2. The summed E-state index contributed by atoms with van der Waals surface area (Å²) in [5.41, 5.74) is 3.70. The van der Waals surface area contributed by atoms with Gasteiger partial charge in [-0.25, -0.2) is 0 Å². The SMILES string of the molecule is CC1=C[C@H](C)[C@@]2(CO)CO[C@H](c3ccc(N(C)C)cc3)[C@H]1[C@H]2C. The first kappa shape index (κ1) is 16.5. The second-order valence-electron chi connectivity index (χ2n) is 7.62. The van der Waals surface area contributed by atoms with E-state index in [9.17, 15) is 5.11 Å². The third-order valence-electron chi connectivity index (χ3n) is 6.28. The van der Waals surface area contributed by atoms with Crippen molar-refractivity contribution in [2.75, 3.05) is 32.2 Å². The van der Waals surface area contributed by atoms with Gasteiger partial charge < -0.3 is 14.7 Å². The van der Waals surface area contributed by atoms with Gasteiger partial charge in [-0.3, -0.25) is 0 Å². The van der Waals surface area contributed by atoms with Crippen molar-refractivity contribution < 1.29 is 9.84 Å². The molecule has 0 amide bonds. The van der Waals surface area contributed by atoms with Crippen LogP contribution >= 0.6 is 0 Å². The standard InChI is InChI=1S/C20H29NO2/c1-13-10-14(2)20(11-22)12-23-19(18(13)15(20)3)16-6-8-17(9-7-16)21(4)5/h6-10,14-15,18-19,22H,11-12H2,1-5H3/t14-,15+,18+,19+,20+/m0/s1. The third-order valence-corrected chi connectivity index (χ3v) is 6.28. The van der Waals surface area contributed by atoms with Crippen LogP contribution in [0.15, 0.2) is 35.9 Å². The van der Waals surface area contributed by atoms with E-state index in [0.29, 0.717) is 24.4 Å². The molecular formula is C20H29NO2. The lowest BCUT2D eigenvalue weighted by Crippen LogP contribution is -2.53. The minimum Gasteiger partial charge on any atom is -0.396 e. The fourth-order valence-electron chi connectivity index (χ4n) is 4.55. The molecule has 0 saturated carbocycles. The van der Waals surface area contributed by atoms with E-state index in [2.05, 4.69) is 70.1 Å². The molecule has 1 aliphatic heterocycles. The number of benzene rings is 1. The number of nitrogens with zero attached hydrogens (tertiary/aromatic N) is 1. The number of aliphatic hydroxyl groups is 1. The van der Waals surface area contributed by atoms with Gasteiger partial charge in [0.1, 0.15) is 0 Å². The molecule has 1 aromatic rings. The van der Waals surface area contributed by atoms with E-state index in [1.807, 2.05) is 0 Å². The number of allylic oxidation sites excluding steroid dienone is 1. The minimum absolute atomic E-state index is 0.0876. The Balaban J connectivity index is 1.95. The molecule has 1 fully saturated rings. The van der Waals surface area contributed by atoms with E-state index < -0.39 is 0 Å². The normalized spacial score (nSPS) is 36.5. The molecular weight excluding hydrogens is 286 g/mol. The Kier molecular flexibility index (Phi) is 4.28. The maximum Gasteiger partial charge on any atom is 0.0893 e. The first-order valence-electron chi connectivity index (χ1n) is 8.59. The molecule has 23 heavy (non-hydrogen) atoms. The zero-order chi connectivity index (χ0) is 16.8. The smallest absolute Gasteiger partial charge is 0.0893 e. The van der Waals surface area contributed by atoms with Crippen LogP contribution in [0.4, 0.5) is 5.69 Å². The summed E-state index contributed by atoms with van der Waals surface area (Å²) in [4.78, 5) is 2.11. The zero-order valence-electron chi connectivity index (χ0n) is 14.9. The molecule has 1 aliphatic carbocycles. The summed E-state index contributed by atoms with van der Waals surface area (Å²) < 4.78 is 6.32. The lowest BCUT2D eigenvalue weighted by molar-refractivity contribution is -0.165. The molecule has 2 aliphatic rings. The molecule has 5 atom stereocenters. The first-order valence-corrected chi connectivity index (χ1v) is 8.59. The molecule has 3 rings (SSSR count). The zero-order valence-corrected chi connectivity index (χ0v) is 14.9. The van der Waals surface area contributed by atoms with Crippen LogP contribution in [0, 0.1) is 23.2 Å². The molecule has 2 bridgehead atoms. The topological polar surface area (TPSA) is 32.7 Å². The van der Waals surface area contributed by atoms with Crippen molar-refractivity contribution in [3.63, 3.8) is 0 Å². The summed E-state index contributed by atoms with van der Waals surface area (Å²) in [6.45, 7) is 7.54. The Hall–Kier alpha value is -1.32. The molecule has 3 heteroatoms. The van der Waals surface area contributed by atoms with E-state index in [1.54, 1.807) is 0 Å². The highest BCUT2D eigenvalue weighted by molar-refractivity contribution is 5.46. The van der Waals surface area contributed by atoms with Crippen molar-refractivity contribution in [1.82, 2.24) is 0 Å². The number of hydrogen-bond acceptors (Lipinski definition) is 3. The van der Waals surface area contributed by atoms with Crippen molar-refractivity contribution in [3.05, 3.63) is 41.5 Å². The maximum atomic E-state index is 10.1. The lowest BCUT2D eigenvalue weighted by Gasteiger charge is -2.55. The Morgan fingerprint density at radius 2 is 1.87 bits per heavy atom. The monoisotopic (exact) mass is 315 g/mol. The second kappa shape index (κ2) is 5.95. The highest BCUT2D eigenvalue weighted by Crippen LogP contribution is 2.55. The van der Waals surface area contributed by atoms with Gasteiger partial charge in [-0.1, -0.05) is 37.6 Å². The lowest BCUT2D eigenvalue weighted by atomic mass is 9.56. The summed E-state index contributed by atoms with van der Waals surface area (Å²) in [5.74, 6) is 1.12. The fraction of sp³-hybridized carbons (Fsp3) is 0.600. The molecule has 1 saturated heterocycles. The summed E-state index contributed by atoms with van der Waals surface area (Å²) in [7, 11) is 4.11. The van der Waals surface area contributed by atoms with E-state index in [-0.39, 0.29) is 18.1 Å². The highest BCUT2D eigenvalue weighted by Gasteiger charge is 2.53. The summed E-state index contributed by atoms with van der Waals surface area (Å²) >= 11 is 0. The Morgan fingerprint density at radius 3 is 2.43 bits per heavy atom. The molecule has 0 spiro atoms. The number of anilines is 1. The van der Waals surface area contributed by atoms with Gasteiger partial charge in [0.15, 0.2) is 0 Å². The fourth-order valence-corrected chi connectivity index (χ4v) is 4.55. The quantitative estimate of drug-likeness (QED) is 0.864. The van der Waals surface area contributed by atoms with E-state index >= 15 is 0 Å². The number of rotatable bonds is 3. The first-order chi connectivity index (χ1) is 10.9. The van der Waals surface area contributed by atoms with Gasteiger partial charge in [-0.15, -0.1) is 0 Å². The van der Waals surface area contributed by atoms with Crippen molar-refractivity contribution in [1.29, 1.82) is 0 Å². The van der Waals surface area contributed by atoms with Crippen LogP contribution in [0.1, 0.15) is 32.4 Å². The van der Waals surface area contributed by atoms with Crippen LogP contribution in [0.5, 0.6) is 0 Å². The summed E-state index contributed by atoms with van der Waals surface area (Å²) in [6, 6.07) is 8.68. The molecule has 0 aromatic heterocycles. The van der Waals surface area contributed by atoms with Crippen molar-refractivity contribution in [2.24, 2.45) is 23.2 Å². The van der Waals surface area contributed by atoms with E-state index in [0.717, 1.165) is 0 Å². The number of aliphatic hydroxyl groups excluding tert-OH is 1. The summed E-state index contributed by atoms with van der Waals surface area (Å²) in [5, 5.41) is 10.1. The minimum atomic E-state index is -0.135. The Morgan fingerprint density at radius 1 is 1.22 bits per heavy atom. The Bertz CT molecular complexity index is 592. The van der Waals surface area contributed by atoms with E-state index in [4.69, 9.17) is 4.74 Å². The predicted octanol–water partition coefficient (Wildman–Crippen LogP) is 3.65. The van der Waals surface area contributed by atoms with Crippen molar-refractivity contribution in [2.45, 2.75) is 26.9 Å². The van der Waals surface area contributed by atoms with Gasteiger partial charge in [-0.2, -0.15) is 0 Å². The van der Waals surface area contributed by atoms with Crippen LogP contribution in [0.3, 0.4) is 0 Å². The summed E-state index contributed by atoms with van der Waals surface area (Å²) in [6.07, 6.45) is 2.44. The van der Waals surface area contributed by atoms with Gasteiger partial charge in [0.25, 0.3) is 0 Å². The Labute approximate surface area is 140 Å². The van der Waals surface area contributed by atoms with Gasteiger partial charge in [0.05, 0.1) is 19.3 Å². The molecule has 0 unspecified atom stereocenters. The largest absolute Gasteiger partial charge is 0.396 e. The number of ether oxygens (including phenoxy) is 1. The van der Waals surface area contributed by atoms with Crippen LogP contribution in [-0.4, -0.2) is 32.4 Å². The predicted molar refractivity (Wildman–Crippen MR) is 94.6 cm³/mol. The molecule has 126 valence electrons. The molecule has 1 heterocycles. The molecule has 1 N–H and O–H groups in total. The van der Waals surface area contributed by atoms with Gasteiger partial charge in [-0.05, 0) is 36.5 Å². The van der Waals surface area contributed by atoms with Crippen LogP contribution in [0.25, 0.3) is 0 Å². The molecule has 0 radical (unpaired) electrons. The van der Waals surface area contributed by atoms with Crippen molar-refractivity contribution in [3.8, 4) is 0 Å². The van der Waals surface area contributed by atoms with Crippen LogP contribution in [-0.2, 0) is 4.74 Å². The maximum absolute atomic E-state index is 10.1. The average Bonchev–Trinajstić information content (AvgIpc) is 2.53. The van der Waals surface area contributed by atoms with Gasteiger partial charge >= 0.3 is 0 Å². The van der Waals surface area contributed by atoms with Crippen LogP contribution < -0.4 is 4.90 Å². The van der Waals surface area contributed by atoms with Gasteiger partial charge in [0.2, 0.25) is 0 Å². The van der Waals surface area contributed by atoms with Crippen molar-refractivity contribution >= 4 is 5.69 Å². The second-order valence-corrected chi connectivity index (χ2v) is 7.62. The average molecular weight is 315 g/mol. The van der Waals surface area contributed by atoms with Crippen LogP contribution in [0.2, 0.25) is 0 Å². The van der Waals surface area contributed by atoms with Gasteiger partial charge in [0, 0.05) is 31.1 Å². The highest BCUT2D eigenvalue weighted by atomic mass is 16.5.